The number of hydrazone groups is 1. The van der Waals surface area contributed by atoms with Gasteiger partial charge in [-0.3, -0.25) is 5.43 Å². The normalized spacial score (nSPS) is 10.0. The first-order valence-electron chi connectivity index (χ1n) is 5.76. The number of esters is 1. The predicted octanol–water partition coefficient (Wildman–Crippen LogP) is 3.06. The fourth-order valence-electron chi connectivity index (χ4n) is 0.942. The third-order valence-electron chi connectivity index (χ3n) is 1.70. The summed E-state index contributed by atoms with van der Waals surface area (Å²) in [6.07, 6.45) is 0. The van der Waals surface area contributed by atoms with E-state index in [-0.39, 0.29) is 0 Å². The van der Waals surface area contributed by atoms with Gasteiger partial charge in [0.25, 0.3) is 0 Å². The molecule has 1 aromatic carbocycles. The van der Waals surface area contributed by atoms with Crippen LogP contribution in [0, 0.1) is 0 Å². The molecule has 0 amide bonds. The Hall–Kier alpha value is -1.84. The summed E-state index contributed by atoms with van der Waals surface area (Å²) in [5.74, 6) is -0.402. The summed E-state index contributed by atoms with van der Waals surface area (Å²) in [6.45, 7) is 7.72. The van der Waals surface area contributed by atoms with Crippen LogP contribution in [0.2, 0.25) is 0 Å². The Morgan fingerprint density at radius 3 is 2.41 bits per heavy atom. The van der Waals surface area contributed by atoms with E-state index in [9.17, 15) is 4.79 Å². The molecular weight excluding hydrogens is 216 g/mol. The highest BCUT2D eigenvalue weighted by Crippen LogP contribution is 2.04. The van der Waals surface area contributed by atoms with Crippen LogP contribution in [0.25, 0.3) is 0 Å². The van der Waals surface area contributed by atoms with Gasteiger partial charge in [-0.05, 0) is 26.0 Å². The molecular formula is C13H20N2O2. The van der Waals surface area contributed by atoms with E-state index in [1.807, 2.05) is 44.2 Å². The maximum Gasteiger partial charge on any atom is 0.354 e. The van der Waals surface area contributed by atoms with E-state index in [0.29, 0.717) is 12.3 Å². The van der Waals surface area contributed by atoms with Crippen LogP contribution in [-0.4, -0.2) is 18.3 Å². The van der Waals surface area contributed by atoms with E-state index < -0.39 is 5.97 Å². The lowest BCUT2D eigenvalue weighted by Gasteiger charge is -2.02. The maximum atomic E-state index is 11.2. The molecule has 0 bridgehead atoms. The molecule has 4 heteroatoms. The first-order chi connectivity index (χ1) is 8.24. The van der Waals surface area contributed by atoms with Crippen LogP contribution in [0.5, 0.6) is 0 Å². The second-order valence-electron chi connectivity index (χ2n) is 2.90. The van der Waals surface area contributed by atoms with Crippen molar-refractivity contribution in [3.05, 3.63) is 30.3 Å². The van der Waals surface area contributed by atoms with Gasteiger partial charge in [0.1, 0.15) is 5.71 Å². The number of carbonyl (C=O) groups is 1. The first-order valence-corrected chi connectivity index (χ1v) is 5.76. The zero-order valence-corrected chi connectivity index (χ0v) is 10.9. The Kier molecular flexibility index (Phi) is 8.37. The molecule has 1 rings (SSSR count). The number of para-hydroxylation sites is 1. The lowest BCUT2D eigenvalue weighted by Crippen LogP contribution is -2.15. The Morgan fingerprint density at radius 1 is 1.29 bits per heavy atom. The molecule has 0 aromatic heterocycles. The zero-order chi connectivity index (χ0) is 13.1. The van der Waals surface area contributed by atoms with Crippen molar-refractivity contribution in [2.45, 2.75) is 27.7 Å². The number of nitrogens with zero attached hydrogens (tertiary/aromatic N) is 1. The average molecular weight is 236 g/mol. The minimum Gasteiger partial charge on any atom is -0.461 e. The van der Waals surface area contributed by atoms with Crippen molar-refractivity contribution in [2.24, 2.45) is 5.10 Å². The average Bonchev–Trinajstić information content (AvgIpc) is 2.40. The second-order valence-corrected chi connectivity index (χ2v) is 2.90. The lowest BCUT2D eigenvalue weighted by atomic mass is 10.3. The van der Waals surface area contributed by atoms with E-state index in [4.69, 9.17) is 4.74 Å². The fourth-order valence-corrected chi connectivity index (χ4v) is 0.942. The van der Waals surface area contributed by atoms with Crippen molar-refractivity contribution < 1.29 is 9.53 Å². The number of benzene rings is 1. The Morgan fingerprint density at radius 2 is 1.88 bits per heavy atom. The Bertz CT molecular complexity index is 348. The van der Waals surface area contributed by atoms with E-state index >= 15 is 0 Å². The molecule has 0 unspecified atom stereocenters. The number of carbonyl (C=O) groups excluding carboxylic acids is 1. The van der Waals surface area contributed by atoms with Crippen LogP contribution in [0.4, 0.5) is 5.69 Å². The molecule has 0 aliphatic rings. The molecule has 0 saturated carbocycles. The molecule has 1 N–H and O–H groups in total. The highest BCUT2D eigenvalue weighted by molar-refractivity contribution is 6.35. The van der Waals surface area contributed by atoms with Crippen molar-refractivity contribution >= 4 is 17.4 Å². The minimum absolute atomic E-state index is 0.306. The van der Waals surface area contributed by atoms with E-state index in [2.05, 4.69) is 10.5 Å². The fraction of sp³-hybridized carbons (Fsp3) is 0.385. The summed E-state index contributed by atoms with van der Waals surface area (Å²) in [4.78, 5) is 11.2. The number of rotatable bonds is 4. The van der Waals surface area contributed by atoms with E-state index in [0.717, 1.165) is 5.69 Å². The van der Waals surface area contributed by atoms with Crippen LogP contribution >= 0.6 is 0 Å². The third-order valence-corrected chi connectivity index (χ3v) is 1.70. The van der Waals surface area contributed by atoms with Crippen LogP contribution in [0.3, 0.4) is 0 Å². The summed E-state index contributed by atoms with van der Waals surface area (Å²) < 4.78 is 4.78. The highest BCUT2D eigenvalue weighted by atomic mass is 16.5. The van der Waals surface area contributed by atoms with Gasteiger partial charge in [-0.25, -0.2) is 4.79 Å². The van der Waals surface area contributed by atoms with E-state index in [1.165, 1.54) is 0 Å². The zero-order valence-electron chi connectivity index (χ0n) is 10.9. The molecule has 0 heterocycles. The van der Waals surface area contributed by atoms with Gasteiger partial charge < -0.3 is 4.74 Å². The van der Waals surface area contributed by atoms with Gasteiger partial charge in [-0.1, -0.05) is 32.0 Å². The van der Waals surface area contributed by atoms with Gasteiger partial charge in [0.05, 0.1) is 12.3 Å². The van der Waals surface area contributed by atoms with Crippen molar-refractivity contribution in [3.63, 3.8) is 0 Å². The summed E-state index contributed by atoms with van der Waals surface area (Å²) in [7, 11) is 0. The van der Waals surface area contributed by atoms with Crippen LogP contribution in [0.15, 0.2) is 35.4 Å². The molecule has 0 saturated heterocycles. The van der Waals surface area contributed by atoms with Crippen molar-refractivity contribution in [1.29, 1.82) is 0 Å². The quantitative estimate of drug-likeness (QED) is 0.496. The van der Waals surface area contributed by atoms with Crippen molar-refractivity contribution in [2.75, 3.05) is 12.0 Å². The van der Waals surface area contributed by atoms with E-state index in [1.54, 1.807) is 13.8 Å². The number of hydrogen-bond donors (Lipinski definition) is 1. The molecule has 94 valence electrons. The monoisotopic (exact) mass is 236 g/mol. The first kappa shape index (κ1) is 15.2. The number of hydrogen-bond acceptors (Lipinski definition) is 4. The molecule has 0 atom stereocenters. The summed E-state index contributed by atoms with van der Waals surface area (Å²) in [5, 5.41) is 3.91. The molecule has 17 heavy (non-hydrogen) atoms. The van der Waals surface area contributed by atoms with Crippen molar-refractivity contribution in [1.82, 2.24) is 0 Å². The number of anilines is 1. The maximum absolute atomic E-state index is 11.2. The summed E-state index contributed by atoms with van der Waals surface area (Å²) in [6, 6.07) is 9.41. The number of ether oxygens (including phenoxy) is 1. The molecule has 0 aliphatic heterocycles. The molecule has 0 fully saturated rings. The Labute approximate surface area is 103 Å². The van der Waals surface area contributed by atoms with Gasteiger partial charge >= 0.3 is 5.97 Å². The standard InChI is InChI=1S/C11H14N2O2.C2H6/c1-3-15-11(14)9(2)12-13-10-7-5-4-6-8-10;1-2/h4-8,13H,3H2,1-2H3;1-2H3/b12-9-;. The predicted molar refractivity (Wildman–Crippen MR) is 71.2 cm³/mol. The summed E-state index contributed by atoms with van der Waals surface area (Å²) in [5.41, 5.74) is 3.91. The van der Waals surface area contributed by atoms with Crippen molar-refractivity contribution in [3.8, 4) is 0 Å². The molecule has 1 aromatic rings. The highest BCUT2D eigenvalue weighted by Gasteiger charge is 2.05. The van der Waals surface area contributed by atoms with Gasteiger partial charge in [0.15, 0.2) is 0 Å². The van der Waals surface area contributed by atoms with Crippen LogP contribution in [0.1, 0.15) is 27.7 Å². The SMILES string of the molecule is CC.CCOC(=O)/C(C)=N\Nc1ccccc1. The van der Waals surface area contributed by atoms with Gasteiger partial charge in [-0.2, -0.15) is 5.10 Å². The van der Waals surface area contributed by atoms with Gasteiger partial charge in [-0.15, -0.1) is 0 Å². The smallest absolute Gasteiger partial charge is 0.354 e. The Balaban J connectivity index is 0.00000121. The molecule has 0 aliphatic carbocycles. The lowest BCUT2D eigenvalue weighted by molar-refractivity contribution is -0.135. The largest absolute Gasteiger partial charge is 0.461 e. The molecule has 0 radical (unpaired) electrons. The van der Waals surface area contributed by atoms with Gasteiger partial charge in [0, 0.05) is 0 Å². The molecule has 0 spiro atoms. The topological polar surface area (TPSA) is 50.7 Å². The van der Waals surface area contributed by atoms with Crippen LogP contribution in [-0.2, 0) is 9.53 Å². The third kappa shape index (κ3) is 6.35. The molecule has 4 nitrogen and oxygen atoms in total. The number of nitrogens with one attached hydrogen (secondary N) is 1. The minimum atomic E-state index is -0.402. The second kappa shape index (κ2) is 9.39. The summed E-state index contributed by atoms with van der Waals surface area (Å²) >= 11 is 0. The van der Waals surface area contributed by atoms with Crippen LogP contribution < -0.4 is 5.43 Å². The van der Waals surface area contributed by atoms with Gasteiger partial charge in [0.2, 0.25) is 0 Å².